The number of aliphatic hydroxyl groups excluding tert-OH is 1. The molecule has 0 aliphatic rings. The largest absolute Gasteiger partial charge is 0.507 e. The van der Waals surface area contributed by atoms with E-state index < -0.39 is 5.97 Å². The lowest BCUT2D eigenvalue weighted by atomic mass is 9.98. The lowest BCUT2D eigenvalue weighted by molar-refractivity contribution is -0.131. The van der Waals surface area contributed by atoms with Crippen LogP contribution in [0.4, 0.5) is 0 Å². The molecule has 124 valence electrons. The minimum Gasteiger partial charge on any atom is -0.507 e. The molecule has 0 aromatic heterocycles. The van der Waals surface area contributed by atoms with Gasteiger partial charge < -0.3 is 15.3 Å². The Morgan fingerprint density at radius 3 is 2.13 bits per heavy atom. The van der Waals surface area contributed by atoms with E-state index in [0.717, 1.165) is 28.3 Å². The number of phenolic OH excluding ortho intramolecular Hbond substituents is 1. The van der Waals surface area contributed by atoms with Crippen molar-refractivity contribution in [1.29, 1.82) is 0 Å². The van der Waals surface area contributed by atoms with Gasteiger partial charge in [-0.2, -0.15) is 0 Å². The molecule has 0 aliphatic carbocycles. The number of carbonyl (C=O) groups is 1. The maximum absolute atomic E-state index is 10.7. The summed E-state index contributed by atoms with van der Waals surface area (Å²) in [5.74, 6) is -0.793. The van der Waals surface area contributed by atoms with Gasteiger partial charge in [-0.05, 0) is 68.5 Å². The highest BCUT2D eigenvalue weighted by atomic mass is 16.4. The Kier molecular flexibility index (Phi) is 7.29. The van der Waals surface area contributed by atoms with E-state index >= 15 is 0 Å². The Bertz CT molecular complexity index is 648. The van der Waals surface area contributed by atoms with E-state index in [1.54, 1.807) is 12.1 Å². The molecular weight excluding hydrogens is 292 g/mol. The second-order valence-corrected chi connectivity index (χ2v) is 5.76. The van der Waals surface area contributed by atoms with Crippen LogP contribution in [-0.2, 0) is 17.6 Å². The Hall–Kier alpha value is -2.33. The fourth-order valence-electron chi connectivity index (χ4n) is 2.02. The van der Waals surface area contributed by atoms with Crippen molar-refractivity contribution in [3.8, 4) is 5.75 Å². The van der Waals surface area contributed by atoms with Crippen LogP contribution in [-0.4, -0.2) is 27.9 Å². The van der Waals surface area contributed by atoms with Crippen LogP contribution >= 0.6 is 0 Å². The summed E-state index contributed by atoms with van der Waals surface area (Å²) in [5.41, 5.74) is 4.16. The number of allylic oxidation sites excluding steroid dienone is 3. The predicted octanol–water partition coefficient (Wildman–Crippen LogP) is 3.48. The minimum absolute atomic E-state index is 0.0238. The summed E-state index contributed by atoms with van der Waals surface area (Å²) in [5, 5.41) is 28.3. The molecule has 0 fully saturated rings. The number of carboxylic acids is 1. The number of hydrogen-bond acceptors (Lipinski definition) is 3. The van der Waals surface area contributed by atoms with Crippen molar-refractivity contribution in [3.63, 3.8) is 0 Å². The van der Waals surface area contributed by atoms with E-state index in [1.807, 2.05) is 32.9 Å². The van der Waals surface area contributed by atoms with E-state index in [9.17, 15) is 9.90 Å². The summed E-state index contributed by atoms with van der Waals surface area (Å²) >= 11 is 0. The quantitative estimate of drug-likeness (QED) is 0.531. The third-order valence-corrected chi connectivity index (χ3v) is 3.36. The Labute approximate surface area is 137 Å². The van der Waals surface area contributed by atoms with Crippen molar-refractivity contribution in [2.45, 2.75) is 33.6 Å². The molecule has 1 aromatic carbocycles. The number of carboxylic acid groups (broad SMARTS) is 1. The normalized spacial score (nSPS) is 11.7. The average molecular weight is 316 g/mol. The topological polar surface area (TPSA) is 77.8 Å². The molecule has 0 heterocycles. The standard InChI is InChI=1S/C19H24O4/c1-13(2)4-7-16-10-15(6-9-18(21)22)11-17(19(16)23)8-5-14(3)12-20/h4-6,9-11,20,23H,7-8,12H2,1-3H3,(H,21,22). The smallest absolute Gasteiger partial charge is 0.328 e. The minimum atomic E-state index is -1.01. The molecular formula is C19H24O4. The Morgan fingerprint density at radius 2 is 1.65 bits per heavy atom. The molecule has 0 spiro atoms. The number of benzene rings is 1. The first-order chi connectivity index (χ1) is 10.8. The first-order valence-corrected chi connectivity index (χ1v) is 7.49. The van der Waals surface area contributed by atoms with Gasteiger partial charge >= 0.3 is 5.97 Å². The lowest BCUT2D eigenvalue weighted by Gasteiger charge is -2.10. The molecule has 0 atom stereocenters. The van der Waals surface area contributed by atoms with Crippen molar-refractivity contribution in [2.24, 2.45) is 0 Å². The summed E-state index contributed by atoms with van der Waals surface area (Å²) in [6, 6.07) is 3.56. The maximum Gasteiger partial charge on any atom is 0.328 e. The molecule has 0 bridgehead atoms. The van der Waals surface area contributed by atoms with E-state index in [1.165, 1.54) is 6.08 Å². The molecule has 0 unspecified atom stereocenters. The number of phenols is 1. The zero-order valence-corrected chi connectivity index (χ0v) is 13.8. The lowest BCUT2D eigenvalue weighted by Crippen LogP contribution is -1.94. The van der Waals surface area contributed by atoms with E-state index in [0.29, 0.717) is 18.4 Å². The predicted molar refractivity (Wildman–Crippen MR) is 92.5 cm³/mol. The summed E-state index contributed by atoms with van der Waals surface area (Å²) in [4.78, 5) is 10.7. The highest BCUT2D eigenvalue weighted by molar-refractivity contribution is 5.85. The zero-order chi connectivity index (χ0) is 17.4. The van der Waals surface area contributed by atoms with Gasteiger partial charge in [0.2, 0.25) is 0 Å². The van der Waals surface area contributed by atoms with E-state index in [4.69, 9.17) is 10.2 Å². The van der Waals surface area contributed by atoms with Crippen LogP contribution in [0.15, 0.2) is 41.5 Å². The van der Waals surface area contributed by atoms with Crippen LogP contribution in [0.2, 0.25) is 0 Å². The zero-order valence-electron chi connectivity index (χ0n) is 13.8. The number of aliphatic carboxylic acids is 1. The number of aromatic hydroxyl groups is 1. The molecule has 0 saturated carbocycles. The molecule has 3 N–H and O–H groups in total. The van der Waals surface area contributed by atoms with Gasteiger partial charge in [-0.1, -0.05) is 23.3 Å². The SMILES string of the molecule is CC(C)=CCc1cc(C=CC(=O)O)cc(CC=C(C)CO)c1O. The summed E-state index contributed by atoms with van der Waals surface area (Å²) in [6.07, 6.45) is 7.52. The number of hydrogen-bond donors (Lipinski definition) is 3. The van der Waals surface area contributed by atoms with Crippen molar-refractivity contribution in [3.05, 3.63) is 58.2 Å². The van der Waals surface area contributed by atoms with Crippen LogP contribution in [0.1, 0.15) is 37.5 Å². The second-order valence-electron chi connectivity index (χ2n) is 5.76. The molecule has 1 rings (SSSR count). The monoisotopic (exact) mass is 316 g/mol. The van der Waals surface area contributed by atoms with E-state index in [2.05, 4.69) is 0 Å². The second kappa shape index (κ2) is 8.96. The van der Waals surface area contributed by atoms with Crippen LogP contribution in [0.5, 0.6) is 5.75 Å². The van der Waals surface area contributed by atoms with Crippen molar-refractivity contribution in [2.75, 3.05) is 6.61 Å². The van der Waals surface area contributed by atoms with Gasteiger partial charge in [-0.3, -0.25) is 0 Å². The maximum atomic E-state index is 10.7. The fourth-order valence-corrected chi connectivity index (χ4v) is 2.02. The van der Waals surface area contributed by atoms with Crippen LogP contribution in [0, 0.1) is 0 Å². The van der Waals surface area contributed by atoms with Crippen molar-refractivity contribution < 1.29 is 20.1 Å². The van der Waals surface area contributed by atoms with Gasteiger partial charge in [0.25, 0.3) is 0 Å². The Morgan fingerprint density at radius 1 is 1.09 bits per heavy atom. The summed E-state index contributed by atoms with van der Waals surface area (Å²) in [6.45, 7) is 5.76. The van der Waals surface area contributed by atoms with Gasteiger partial charge in [-0.25, -0.2) is 4.79 Å². The van der Waals surface area contributed by atoms with Crippen LogP contribution in [0.25, 0.3) is 6.08 Å². The molecule has 0 amide bonds. The third kappa shape index (κ3) is 6.53. The molecule has 4 nitrogen and oxygen atoms in total. The number of rotatable bonds is 7. The number of aliphatic hydroxyl groups is 1. The van der Waals surface area contributed by atoms with Crippen LogP contribution < -0.4 is 0 Å². The summed E-state index contributed by atoms with van der Waals surface area (Å²) in [7, 11) is 0. The van der Waals surface area contributed by atoms with Crippen molar-refractivity contribution in [1.82, 2.24) is 0 Å². The van der Waals surface area contributed by atoms with Gasteiger partial charge in [0.1, 0.15) is 5.75 Å². The average Bonchev–Trinajstić information content (AvgIpc) is 2.50. The molecule has 0 radical (unpaired) electrons. The fraction of sp³-hybridized carbons (Fsp3) is 0.316. The molecule has 23 heavy (non-hydrogen) atoms. The summed E-state index contributed by atoms with van der Waals surface area (Å²) < 4.78 is 0. The third-order valence-electron chi connectivity index (χ3n) is 3.36. The van der Waals surface area contributed by atoms with Crippen LogP contribution in [0.3, 0.4) is 0 Å². The molecule has 1 aromatic rings. The highest BCUT2D eigenvalue weighted by Gasteiger charge is 2.08. The van der Waals surface area contributed by atoms with E-state index in [-0.39, 0.29) is 12.4 Å². The van der Waals surface area contributed by atoms with Gasteiger partial charge in [0.15, 0.2) is 0 Å². The van der Waals surface area contributed by atoms with Crippen molar-refractivity contribution >= 4 is 12.0 Å². The Balaban J connectivity index is 3.25. The van der Waals surface area contributed by atoms with Gasteiger partial charge in [-0.15, -0.1) is 0 Å². The molecule has 0 saturated heterocycles. The van der Waals surface area contributed by atoms with Gasteiger partial charge in [0, 0.05) is 6.08 Å². The molecule has 4 heteroatoms. The first kappa shape index (κ1) is 18.7. The highest BCUT2D eigenvalue weighted by Crippen LogP contribution is 2.27. The molecule has 0 aliphatic heterocycles. The first-order valence-electron chi connectivity index (χ1n) is 7.49. The van der Waals surface area contributed by atoms with Gasteiger partial charge in [0.05, 0.1) is 6.61 Å².